The summed E-state index contributed by atoms with van der Waals surface area (Å²) in [4.78, 5) is 5.34. The van der Waals surface area contributed by atoms with Crippen LogP contribution in [0.3, 0.4) is 0 Å². The lowest BCUT2D eigenvalue weighted by molar-refractivity contribution is -0.141. The summed E-state index contributed by atoms with van der Waals surface area (Å²) in [6.07, 6.45) is -4.38. The highest BCUT2D eigenvalue weighted by Crippen LogP contribution is 2.44. The molecular weight excluding hydrogens is 439 g/mol. The molecule has 3 rings (SSSR count). The van der Waals surface area contributed by atoms with Crippen molar-refractivity contribution in [2.24, 2.45) is 11.1 Å². The lowest BCUT2D eigenvalue weighted by Gasteiger charge is -2.42. The summed E-state index contributed by atoms with van der Waals surface area (Å²) in [5.74, 6) is 0.511. The first-order valence-corrected chi connectivity index (χ1v) is 10.6. The van der Waals surface area contributed by atoms with Gasteiger partial charge in [0.2, 0.25) is 0 Å². The highest BCUT2D eigenvalue weighted by molar-refractivity contribution is 7.87. The first-order valence-electron chi connectivity index (χ1n) is 9.07. The number of rotatable bonds is 7. The zero-order valence-corrected chi connectivity index (χ0v) is 17.5. The molecular formula is C18H20F3N5O4S. The molecule has 0 spiro atoms. The van der Waals surface area contributed by atoms with E-state index in [1.165, 1.54) is 26.4 Å². The molecule has 0 saturated carbocycles. The fourth-order valence-electron chi connectivity index (χ4n) is 3.55. The monoisotopic (exact) mass is 459 g/mol. The maximum Gasteiger partial charge on any atom is 0.434 e. The number of hydrogen-bond acceptors (Lipinski definition) is 7. The van der Waals surface area contributed by atoms with Crippen LogP contribution >= 0.6 is 0 Å². The Labute approximate surface area is 176 Å². The SMILES string of the molecule is COc1cc2nc(C(F)(F)F)c(C#N)c(N3CC(CCNS(N)(=O)=O)C3)c2cc1OC. The second-order valence-corrected chi connectivity index (χ2v) is 8.40. The van der Waals surface area contributed by atoms with Gasteiger partial charge in [-0.1, -0.05) is 0 Å². The Bertz CT molecular complexity index is 1140. The van der Waals surface area contributed by atoms with Crippen LogP contribution in [0.4, 0.5) is 18.9 Å². The van der Waals surface area contributed by atoms with Crippen LogP contribution in [0, 0.1) is 17.2 Å². The van der Waals surface area contributed by atoms with Gasteiger partial charge in [-0.2, -0.15) is 26.9 Å². The quantitative estimate of drug-likeness (QED) is 0.645. The van der Waals surface area contributed by atoms with E-state index in [1.54, 1.807) is 11.0 Å². The molecule has 2 heterocycles. The van der Waals surface area contributed by atoms with Crippen molar-refractivity contribution < 1.29 is 31.1 Å². The third-order valence-corrected chi connectivity index (χ3v) is 5.58. The topological polar surface area (TPSA) is 131 Å². The molecule has 31 heavy (non-hydrogen) atoms. The molecule has 1 aliphatic rings. The second kappa shape index (κ2) is 8.37. The van der Waals surface area contributed by atoms with Crippen molar-refractivity contribution in [2.75, 3.05) is 38.8 Å². The lowest BCUT2D eigenvalue weighted by atomic mass is 9.93. The van der Waals surface area contributed by atoms with Gasteiger partial charge >= 0.3 is 6.18 Å². The molecule has 168 valence electrons. The second-order valence-electron chi connectivity index (χ2n) is 7.02. The number of alkyl halides is 3. The molecule has 1 aromatic heterocycles. The number of halogens is 3. The number of anilines is 1. The molecule has 0 radical (unpaired) electrons. The van der Waals surface area contributed by atoms with Gasteiger partial charge in [-0.25, -0.2) is 14.8 Å². The summed E-state index contributed by atoms with van der Waals surface area (Å²) in [6.45, 7) is 0.788. The fourth-order valence-corrected chi connectivity index (χ4v) is 3.96. The van der Waals surface area contributed by atoms with Crippen molar-refractivity contribution in [1.82, 2.24) is 9.71 Å². The third kappa shape index (κ3) is 4.76. The predicted molar refractivity (Wildman–Crippen MR) is 106 cm³/mol. The Morgan fingerprint density at radius 1 is 1.29 bits per heavy atom. The van der Waals surface area contributed by atoms with Gasteiger partial charge in [-0.15, -0.1) is 0 Å². The average Bonchev–Trinajstić information content (AvgIpc) is 2.65. The Morgan fingerprint density at radius 3 is 2.42 bits per heavy atom. The molecule has 0 unspecified atom stereocenters. The summed E-state index contributed by atoms with van der Waals surface area (Å²) in [5, 5.41) is 14.8. The number of nitrogens with one attached hydrogen (secondary N) is 1. The number of ether oxygens (including phenoxy) is 2. The van der Waals surface area contributed by atoms with Crippen LogP contribution in [-0.4, -0.2) is 47.3 Å². The number of hydrogen-bond donors (Lipinski definition) is 2. The normalized spacial score (nSPS) is 14.9. The molecule has 1 fully saturated rings. The van der Waals surface area contributed by atoms with E-state index in [-0.39, 0.29) is 35.2 Å². The molecule has 3 N–H and O–H groups in total. The minimum atomic E-state index is -4.83. The van der Waals surface area contributed by atoms with Crippen molar-refractivity contribution in [2.45, 2.75) is 12.6 Å². The fraction of sp³-hybridized carbons (Fsp3) is 0.444. The van der Waals surface area contributed by atoms with E-state index >= 15 is 0 Å². The van der Waals surface area contributed by atoms with Gasteiger partial charge in [0.25, 0.3) is 10.2 Å². The minimum absolute atomic E-state index is 0.0123. The van der Waals surface area contributed by atoms with E-state index in [0.29, 0.717) is 24.9 Å². The van der Waals surface area contributed by atoms with E-state index in [9.17, 15) is 26.9 Å². The van der Waals surface area contributed by atoms with Crippen LogP contribution < -0.4 is 24.2 Å². The van der Waals surface area contributed by atoms with Gasteiger partial charge in [0.15, 0.2) is 17.2 Å². The van der Waals surface area contributed by atoms with Crippen LogP contribution in [-0.2, 0) is 16.4 Å². The molecule has 0 bridgehead atoms. The lowest BCUT2D eigenvalue weighted by Crippen LogP contribution is -2.48. The summed E-state index contributed by atoms with van der Waals surface area (Å²) < 4.78 is 75.5. The highest BCUT2D eigenvalue weighted by Gasteiger charge is 2.40. The zero-order valence-electron chi connectivity index (χ0n) is 16.7. The van der Waals surface area contributed by atoms with Crippen LogP contribution in [0.5, 0.6) is 11.5 Å². The van der Waals surface area contributed by atoms with Gasteiger partial charge in [0.05, 0.1) is 25.4 Å². The van der Waals surface area contributed by atoms with Gasteiger partial charge in [0, 0.05) is 31.1 Å². The van der Waals surface area contributed by atoms with E-state index < -0.39 is 27.6 Å². The molecule has 0 atom stereocenters. The number of benzene rings is 1. The molecule has 0 amide bonds. The summed E-state index contributed by atoms with van der Waals surface area (Å²) in [7, 11) is -1.06. The van der Waals surface area contributed by atoms with E-state index in [2.05, 4.69) is 9.71 Å². The van der Waals surface area contributed by atoms with Crippen LogP contribution in [0.25, 0.3) is 10.9 Å². The number of fused-ring (bicyclic) bond motifs is 1. The maximum atomic E-state index is 13.6. The van der Waals surface area contributed by atoms with Crippen LogP contribution in [0.2, 0.25) is 0 Å². The first-order chi connectivity index (χ1) is 14.5. The molecule has 2 aromatic rings. The summed E-state index contributed by atoms with van der Waals surface area (Å²) in [6, 6.07) is 4.48. The van der Waals surface area contributed by atoms with Crippen molar-refractivity contribution in [1.29, 1.82) is 5.26 Å². The maximum absolute atomic E-state index is 13.6. The highest BCUT2D eigenvalue weighted by atomic mass is 32.2. The van der Waals surface area contributed by atoms with Crippen molar-refractivity contribution in [3.8, 4) is 17.6 Å². The van der Waals surface area contributed by atoms with E-state index in [0.717, 1.165) is 0 Å². The molecule has 1 aliphatic heterocycles. The molecule has 13 heteroatoms. The number of pyridine rings is 1. The number of aromatic nitrogens is 1. The van der Waals surface area contributed by atoms with Crippen molar-refractivity contribution >= 4 is 26.8 Å². The molecule has 1 saturated heterocycles. The summed E-state index contributed by atoms with van der Waals surface area (Å²) >= 11 is 0. The molecule has 0 aliphatic carbocycles. The summed E-state index contributed by atoms with van der Waals surface area (Å²) in [5.41, 5.74) is -1.73. The zero-order chi connectivity index (χ0) is 23.0. The Hall–Kier alpha value is -2.82. The van der Waals surface area contributed by atoms with Gasteiger partial charge in [-0.3, -0.25) is 0 Å². The Kier molecular flexibility index (Phi) is 6.17. The number of nitrogens with two attached hydrogens (primary N) is 1. The van der Waals surface area contributed by atoms with Crippen LogP contribution in [0.1, 0.15) is 17.7 Å². The van der Waals surface area contributed by atoms with Crippen molar-refractivity contribution in [3.63, 3.8) is 0 Å². The standard InChI is InChI=1S/C18H20F3N5O4S/c1-29-14-5-11-13(6-15(14)30-2)25-17(18(19,20)21)12(7-22)16(11)26-8-10(9-26)3-4-24-31(23,27)28/h5-6,10,24H,3-4,8-9H2,1-2H3,(H2,23,27,28). The molecule has 9 nitrogen and oxygen atoms in total. The average molecular weight is 459 g/mol. The van der Waals surface area contributed by atoms with Crippen molar-refractivity contribution in [3.05, 3.63) is 23.4 Å². The number of methoxy groups -OCH3 is 2. The van der Waals surface area contributed by atoms with E-state index in [1.807, 2.05) is 0 Å². The number of nitriles is 1. The number of nitrogens with zero attached hydrogens (tertiary/aromatic N) is 3. The predicted octanol–water partition coefficient (Wildman–Crippen LogP) is 1.76. The Balaban J connectivity index is 2.04. The van der Waals surface area contributed by atoms with Gasteiger partial charge in [-0.05, 0) is 18.4 Å². The third-order valence-electron chi connectivity index (χ3n) is 4.97. The van der Waals surface area contributed by atoms with Gasteiger partial charge < -0.3 is 14.4 Å². The van der Waals surface area contributed by atoms with E-state index in [4.69, 9.17) is 14.6 Å². The molecule has 1 aromatic carbocycles. The van der Waals surface area contributed by atoms with Gasteiger partial charge in [0.1, 0.15) is 11.6 Å². The van der Waals surface area contributed by atoms with Crippen LogP contribution in [0.15, 0.2) is 12.1 Å². The smallest absolute Gasteiger partial charge is 0.434 e. The largest absolute Gasteiger partial charge is 0.493 e. The minimum Gasteiger partial charge on any atom is -0.493 e. The Morgan fingerprint density at radius 2 is 1.90 bits per heavy atom. The first kappa shape index (κ1) is 22.9.